The maximum atomic E-state index is 5.94. The molecule has 114 valence electrons. The highest BCUT2D eigenvalue weighted by molar-refractivity contribution is 14.0. The molecule has 0 aliphatic heterocycles. The Morgan fingerprint density at radius 3 is 3.00 bits per heavy atom. The van der Waals surface area contributed by atoms with Crippen LogP contribution in [-0.2, 0) is 12.8 Å². The largest absolute Gasteiger partial charge is 0.370 e. The molecule has 1 aliphatic carbocycles. The van der Waals surface area contributed by atoms with Gasteiger partial charge in [-0.15, -0.1) is 42.2 Å². The van der Waals surface area contributed by atoms with Gasteiger partial charge in [0.25, 0.3) is 0 Å². The van der Waals surface area contributed by atoms with Gasteiger partial charge in [0.05, 0.1) is 12.3 Å². The Morgan fingerprint density at radius 1 is 1.38 bits per heavy atom. The summed E-state index contributed by atoms with van der Waals surface area (Å²) in [6.45, 7) is 0.695. The van der Waals surface area contributed by atoms with E-state index in [1.165, 1.54) is 30.4 Å². The number of fused-ring (bicyclic) bond motifs is 1. The molecule has 0 saturated heterocycles. The summed E-state index contributed by atoms with van der Waals surface area (Å²) in [5, 5.41) is 3.24. The van der Waals surface area contributed by atoms with Crippen molar-refractivity contribution in [2.24, 2.45) is 10.7 Å². The van der Waals surface area contributed by atoms with E-state index in [1.54, 1.807) is 11.8 Å². The number of hydrogen-bond donors (Lipinski definition) is 2. The molecular formula is C16H22IN3S. The van der Waals surface area contributed by atoms with Gasteiger partial charge in [0, 0.05) is 11.4 Å². The number of nitrogens with zero attached hydrogens (tertiary/aromatic N) is 1. The minimum Gasteiger partial charge on any atom is -0.370 e. The molecule has 3 N–H and O–H groups in total. The highest BCUT2D eigenvalue weighted by Gasteiger charge is 2.12. The lowest BCUT2D eigenvalue weighted by Gasteiger charge is -2.19. The van der Waals surface area contributed by atoms with Crippen molar-refractivity contribution in [1.29, 1.82) is 0 Å². The Kier molecular flexibility index (Phi) is 8.62. The average Bonchev–Trinajstić information content (AvgIpc) is 2.47. The Morgan fingerprint density at radius 2 is 2.19 bits per heavy atom. The summed E-state index contributed by atoms with van der Waals surface area (Å²) in [5.41, 5.74) is 9.90. The lowest BCUT2D eigenvalue weighted by Crippen LogP contribution is -2.24. The van der Waals surface area contributed by atoms with E-state index in [2.05, 4.69) is 34.4 Å². The summed E-state index contributed by atoms with van der Waals surface area (Å²) in [6, 6.07) is 6.38. The van der Waals surface area contributed by atoms with E-state index in [0.717, 1.165) is 23.6 Å². The van der Waals surface area contributed by atoms with Crippen LogP contribution in [0.25, 0.3) is 0 Å². The van der Waals surface area contributed by atoms with E-state index in [-0.39, 0.29) is 24.0 Å². The van der Waals surface area contributed by atoms with Crippen LogP contribution in [0.3, 0.4) is 0 Å². The van der Waals surface area contributed by atoms with Crippen molar-refractivity contribution < 1.29 is 0 Å². The van der Waals surface area contributed by atoms with E-state index < -0.39 is 0 Å². The fraction of sp³-hybridized carbons (Fsp3) is 0.438. The van der Waals surface area contributed by atoms with Gasteiger partial charge in [-0.25, -0.2) is 0 Å². The smallest absolute Gasteiger partial charge is 0.193 e. The van der Waals surface area contributed by atoms with Crippen LogP contribution >= 0.6 is 35.7 Å². The Hall–Kier alpha value is -0.870. The fourth-order valence-corrected chi connectivity index (χ4v) is 2.92. The van der Waals surface area contributed by atoms with Gasteiger partial charge in [-0.1, -0.05) is 18.1 Å². The van der Waals surface area contributed by atoms with Crippen LogP contribution in [0.5, 0.6) is 0 Å². The summed E-state index contributed by atoms with van der Waals surface area (Å²) in [4.78, 5) is 4.33. The predicted octanol–water partition coefficient (Wildman–Crippen LogP) is 3.28. The molecule has 0 saturated carbocycles. The summed E-state index contributed by atoms with van der Waals surface area (Å²) in [6.07, 6.45) is 10.0. The summed E-state index contributed by atoms with van der Waals surface area (Å²) < 4.78 is 0. The van der Waals surface area contributed by atoms with Crippen LogP contribution in [0.2, 0.25) is 0 Å². The van der Waals surface area contributed by atoms with Gasteiger partial charge in [0.2, 0.25) is 0 Å². The Labute approximate surface area is 148 Å². The first kappa shape index (κ1) is 18.2. The first-order chi connectivity index (χ1) is 9.81. The third-order valence-electron chi connectivity index (χ3n) is 3.36. The molecule has 0 spiro atoms. The normalized spacial score (nSPS) is 13.8. The summed E-state index contributed by atoms with van der Waals surface area (Å²) in [5.74, 6) is 4.72. The number of rotatable bonds is 5. The Bertz CT molecular complexity index is 523. The monoisotopic (exact) mass is 415 g/mol. The molecule has 1 aliphatic rings. The van der Waals surface area contributed by atoms with Crippen LogP contribution in [0.1, 0.15) is 24.0 Å². The number of anilines is 1. The molecule has 0 atom stereocenters. The molecular weight excluding hydrogens is 393 g/mol. The van der Waals surface area contributed by atoms with Gasteiger partial charge in [-0.3, -0.25) is 4.99 Å². The molecule has 0 fully saturated rings. The zero-order valence-electron chi connectivity index (χ0n) is 12.1. The number of aliphatic imine (C=N–C) groups is 1. The quantitative estimate of drug-likeness (QED) is 0.255. The molecule has 2 rings (SSSR count). The molecule has 5 heteroatoms. The third kappa shape index (κ3) is 5.79. The summed E-state index contributed by atoms with van der Waals surface area (Å²) in [7, 11) is 0. The first-order valence-corrected chi connectivity index (χ1v) is 8.15. The lowest BCUT2D eigenvalue weighted by molar-refractivity contribution is 0.687. The van der Waals surface area contributed by atoms with Crippen molar-refractivity contribution in [2.75, 3.05) is 23.4 Å². The number of guanidine groups is 1. The van der Waals surface area contributed by atoms with Crippen molar-refractivity contribution in [3.63, 3.8) is 0 Å². The van der Waals surface area contributed by atoms with E-state index in [1.807, 2.05) is 0 Å². The number of nitrogens with two attached hydrogens (primary N) is 1. The standard InChI is InChI=1S/C16H21N3S.HI/c1-2-11-20-12-10-18-16(17)19-15-9-5-7-13-6-3-4-8-14(13)15;/h1,5,7,9H,3-4,6,8,10-12H2,(H3,17,18,19);1H. The van der Waals surface area contributed by atoms with E-state index in [0.29, 0.717) is 12.5 Å². The molecule has 21 heavy (non-hydrogen) atoms. The van der Waals surface area contributed by atoms with Crippen LogP contribution < -0.4 is 11.1 Å². The molecule has 1 aromatic rings. The van der Waals surface area contributed by atoms with Crippen LogP contribution in [0, 0.1) is 12.3 Å². The maximum Gasteiger partial charge on any atom is 0.193 e. The van der Waals surface area contributed by atoms with Crippen molar-refractivity contribution in [3.8, 4) is 12.3 Å². The van der Waals surface area contributed by atoms with E-state index in [4.69, 9.17) is 12.2 Å². The number of halogens is 1. The molecule has 3 nitrogen and oxygen atoms in total. The van der Waals surface area contributed by atoms with Crippen LogP contribution in [-0.4, -0.2) is 24.0 Å². The molecule has 0 unspecified atom stereocenters. The van der Waals surface area contributed by atoms with Gasteiger partial charge in [-0.2, -0.15) is 0 Å². The van der Waals surface area contributed by atoms with Crippen molar-refractivity contribution in [2.45, 2.75) is 25.7 Å². The summed E-state index contributed by atoms with van der Waals surface area (Å²) >= 11 is 1.70. The maximum absolute atomic E-state index is 5.94. The number of hydrogen-bond acceptors (Lipinski definition) is 2. The SMILES string of the molecule is C#CCSCCN=C(N)Nc1cccc2c1CCCC2.I. The molecule has 0 heterocycles. The van der Waals surface area contributed by atoms with Crippen molar-refractivity contribution in [1.82, 2.24) is 0 Å². The average molecular weight is 415 g/mol. The van der Waals surface area contributed by atoms with Gasteiger partial charge >= 0.3 is 0 Å². The number of nitrogens with one attached hydrogen (secondary N) is 1. The zero-order chi connectivity index (χ0) is 14.2. The molecule has 0 amide bonds. The zero-order valence-corrected chi connectivity index (χ0v) is 15.2. The highest BCUT2D eigenvalue weighted by Crippen LogP contribution is 2.27. The van der Waals surface area contributed by atoms with E-state index in [9.17, 15) is 0 Å². The van der Waals surface area contributed by atoms with Crippen molar-refractivity contribution in [3.05, 3.63) is 29.3 Å². The Balaban J connectivity index is 0.00000220. The number of aryl methyl sites for hydroxylation is 1. The number of benzene rings is 1. The van der Waals surface area contributed by atoms with Gasteiger partial charge in [0.15, 0.2) is 5.96 Å². The minimum absolute atomic E-state index is 0. The predicted molar refractivity (Wildman–Crippen MR) is 105 cm³/mol. The van der Waals surface area contributed by atoms with E-state index >= 15 is 0 Å². The first-order valence-electron chi connectivity index (χ1n) is 7.00. The molecule has 0 bridgehead atoms. The number of terminal acetylenes is 1. The third-order valence-corrected chi connectivity index (χ3v) is 4.20. The van der Waals surface area contributed by atoms with Crippen LogP contribution in [0.4, 0.5) is 5.69 Å². The highest BCUT2D eigenvalue weighted by atomic mass is 127. The second-order valence-corrected chi connectivity index (χ2v) is 5.90. The lowest BCUT2D eigenvalue weighted by atomic mass is 9.90. The molecule has 1 aromatic carbocycles. The van der Waals surface area contributed by atoms with Gasteiger partial charge in [-0.05, 0) is 42.9 Å². The second-order valence-electron chi connectivity index (χ2n) is 4.80. The van der Waals surface area contributed by atoms with Crippen LogP contribution in [0.15, 0.2) is 23.2 Å². The van der Waals surface area contributed by atoms with Gasteiger partial charge < -0.3 is 11.1 Å². The molecule has 0 aromatic heterocycles. The van der Waals surface area contributed by atoms with Crippen molar-refractivity contribution >= 4 is 47.4 Å². The van der Waals surface area contributed by atoms with Gasteiger partial charge in [0.1, 0.15) is 0 Å². The number of thioether (sulfide) groups is 1. The fourth-order valence-electron chi connectivity index (χ4n) is 2.44. The minimum atomic E-state index is 0. The second kappa shape index (κ2) is 9.96. The molecule has 0 radical (unpaired) electrons. The topological polar surface area (TPSA) is 50.4 Å².